The van der Waals surface area contributed by atoms with E-state index >= 15 is 0 Å². The molecule has 1 saturated heterocycles. The topological polar surface area (TPSA) is 144 Å². The van der Waals surface area contributed by atoms with Crippen LogP contribution in [0.1, 0.15) is 71.1 Å². The molecule has 6 N–H and O–H groups in total. The van der Waals surface area contributed by atoms with Crippen LogP contribution in [0, 0.1) is 0 Å². The van der Waals surface area contributed by atoms with Gasteiger partial charge in [0.25, 0.3) is 0 Å². The van der Waals surface area contributed by atoms with Crippen molar-refractivity contribution >= 4 is 79.8 Å². The van der Waals surface area contributed by atoms with Crippen LogP contribution in [-0.4, -0.2) is 97.0 Å². The van der Waals surface area contributed by atoms with Gasteiger partial charge in [-0.2, -0.15) is 25.3 Å². The number of thiol groups is 3. The molecule has 4 amide bonds. The van der Waals surface area contributed by atoms with E-state index in [1.54, 1.807) is 11.8 Å². The van der Waals surface area contributed by atoms with E-state index in [0.29, 0.717) is 50.1 Å². The maximum absolute atomic E-state index is 12.9. The van der Waals surface area contributed by atoms with Crippen LogP contribution in [0.4, 0.5) is 0 Å². The van der Waals surface area contributed by atoms with E-state index in [4.69, 9.17) is 22.4 Å². The van der Waals surface area contributed by atoms with Gasteiger partial charge in [0.1, 0.15) is 0 Å². The second kappa shape index (κ2) is 24.6. The first-order valence-electron chi connectivity index (χ1n) is 14.8. The van der Waals surface area contributed by atoms with E-state index in [1.165, 1.54) is 0 Å². The molecular formula is C26H51N7O4S5. The molecule has 0 aromatic rings. The van der Waals surface area contributed by atoms with E-state index < -0.39 is 8.01 Å². The molecule has 0 saturated carbocycles. The molecule has 1 fully saturated rings. The maximum Gasteiger partial charge on any atom is 0.237 e. The summed E-state index contributed by atoms with van der Waals surface area (Å²) in [5.74, 6) is 1.07. The number of nitrogens with one attached hydrogen (secondary N) is 6. The summed E-state index contributed by atoms with van der Waals surface area (Å²) in [5, 5.41) is 18.2. The molecule has 0 aromatic heterocycles. The Balaban J connectivity index is 2.35. The largest absolute Gasteiger partial charge is 0.355 e. The summed E-state index contributed by atoms with van der Waals surface area (Å²) in [5.41, 5.74) is 0. The summed E-state index contributed by atoms with van der Waals surface area (Å²) < 4.78 is 0. The minimum absolute atomic E-state index is 0.0376. The monoisotopic (exact) mass is 685 g/mol. The molecule has 0 aliphatic carbocycles. The van der Waals surface area contributed by atoms with Crippen LogP contribution in [0.3, 0.4) is 0 Å². The molecule has 1 aliphatic heterocycles. The molecule has 0 radical (unpaired) electrons. The Morgan fingerprint density at radius 1 is 0.857 bits per heavy atom. The lowest BCUT2D eigenvalue weighted by atomic mass is 10.0. The third kappa shape index (κ3) is 17.5. The van der Waals surface area contributed by atoms with Crippen molar-refractivity contribution in [2.75, 3.05) is 43.8 Å². The van der Waals surface area contributed by atoms with Crippen molar-refractivity contribution in [1.29, 1.82) is 0 Å². The van der Waals surface area contributed by atoms with Crippen molar-refractivity contribution in [3.05, 3.63) is 0 Å². The van der Waals surface area contributed by atoms with Crippen molar-refractivity contribution in [3.63, 3.8) is 0 Å². The fourth-order valence-electron chi connectivity index (χ4n) is 4.72. The third-order valence-corrected chi connectivity index (χ3v) is 8.82. The highest BCUT2D eigenvalue weighted by molar-refractivity contribution is 8.46. The van der Waals surface area contributed by atoms with Gasteiger partial charge in [0.05, 0.1) is 18.1 Å². The van der Waals surface area contributed by atoms with Gasteiger partial charge in [-0.25, -0.2) is 0 Å². The van der Waals surface area contributed by atoms with Crippen LogP contribution in [0.5, 0.6) is 0 Å². The summed E-state index contributed by atoms with van der Waals surface area (Å²) in [6.45, 7) is 4.07. The fraction of sp³-hybridized carbons (Fsp3) is 0.846. The lowest BCUT2D eigenvalue weighted by molar-refractivity contribution is -0.125. The zero-order valence-corrected chi connectivity index (χ0v) is 29.0. The predicted molar refractivity (Wildman–Crippen MR) is 184 cm³/mol. The van der Waals surface area contributed by atoms with Gasteiger partial charge in [0, 0.05) is 49.9 Å². The van der Waals surface area contributed by atoms with Gasteiger partial charge < -0.3 is 20.9 Å². The summed E-state index contributed by atoms with van der Waals surface area (Å²) in [7, 11) is -1.01. The van der Waals surface area contributed by atoms with Crippen molar-refractivity contribution < 1.29 is 19.2 Å². The quantitative estimate of drug-likeness (QED) is 0.0297. The van der Waals surface area contributed by atoms with Crippen molar-refractivity contribution in [2.45, 2.75) is 95.3 Å². The van der Waals surface area contributed by atoms with Crippen LogP contribution >= 0.6 is 25.3 Å². The smallest absolute Gasteiger partial charge is 0.237 e. The molecule has 244 valence electrons. The molecule has 0 bridgehead atoms. The summed E-state index contributed by atoms with van der Waals surface area (Å²) in [4.78, 5) is 50.6. The number of hydrogen-bond acceptors (Lipinski definition) is 11. The number of hydrogen-bond donors (Lipinski definition) is 9. The fourth-order valence-corrected chi connectivity index (χ4v) is 6.03. The first kappa shape index (κ1) is 39.3. The molecular weight excluding hydrogens is 635 g/mol. The number of nitrogens with zero attached hydrogens (tertiary/aromatic N) is 1. The third-order valence-electron chi connectivity index (χ3n) is 7.24. The molecule has 1 rings (SSSR count). The van der Waals surface area contributed by atoms with E-state index in [-0.39, 0.29) is 41.9 Å². The van der Waals surface area contributed by atoms with Gasteiger partial charge in [-0.15, -0.1) is 0 Å². The summed E-state index contributed by atoms with van der Waals surface area (Å²) in [6.07, 6.45) is 9.12. The molecule has 11 nitrogen and oxygen atoms in total. The van der Waals surface area contributed by atoms with E-state index in [0.717, 1.165) is 64.3 Å². The number of carbonyl (C=O) groups excluding carboxylic acids is 4. The van der Waals surface area contributed by atoms with E-state index in [2.05, 4.69) is 57.2 Å². The molecule has 1 unspecified atom stereocenters. The minimum atomic E-state index is -1.01. The average molecular weight is 686 g/mol. The van der Waals surface area contributed by atoms with Gasteiger partial charge >= 0.3 is 0 Å². The zero-order chi connectivity index (χ0) is 31.2. The zero-order valence-electron chi connectivity index (χ0n) is 24.6. The lowest BCUT2D eigenvalue weighted by Crippen LogP contribution is -2.50. The van der Waals surface area contributed by atoms with Crippen LogP contribution < -0.4 is 31.9 Å². The van der Waals surface area contributed by atoms with Crippen LogP contribution in [-0.2, 0) is 49.6 Å². The first-order chi connectivity index (χ1) is 20.2. The number of carbonyl (C=O) groups is 4. The van der Waals surface area contributed by atoms with E-state index in [1.807, 2.05) is 0 Å². The molecule has 42 heavy (non-hydrogen) atoms. The number of likely N-dealkylation sites (tertiary alicyclic amines) is 1. The lowest BCUT2D eigenvalue weighted by Gasteiger charge is -2.33. The van der Waals surface area contributed by atoms with Crippen LogP contribution in [0.25, 0.3) is 0 Å². The van der Waals surface area contributed by atoms with Crippen LogP contribution in [0.2, 0.25) is 0 Å². The average Bonchev–Trinajstić information content (AvgIpc) is 2.98. The molecule has 1 aliphatic rings. The Morgan fingerprint density at radius 3 is 2.10 bits per heavy atom. The van der Waals surface area contributed by atoms with Gasteiger partial charge in [0.15, 0.2) is 0 Å². The number of piperidine rings is 1. The van der Waals surface area contributed by atoms with Gasteiger partial charge in [-0.1, -0.05) is 20.9 Å². The standard InChI is InChI=1S/C26H51N7O4S5/c1-20(30-16-38)24(35)27-13-7-4-11-22(31-17-39)25(36)28-12-6-2-3-10-23(32-18-42(40)41)26(37)29-15-21-9-5-8-14-33(21)19-34/h19-23,30-32,38-39,42H,2-18H2,1H3,(H,27,35)(H,28,36)(H,29,37)/t20-,21?,22-,23+/m1/s1. The number of amides is 4. The van der Waals surface area contributed by atoms with Crippen molar-refractivity contribution in [3.8, 4) is 0 Å². The second-order valence-electron chi connectivity index (χ2n) is 10.4. The second-order valence-corrected chi connectivity index (χ2v) is 15.4. The normalized spacial score (nSPS) is 17.3. The maximum atomic E-state index is 12.9. The summed E-state index contributed by atoms with van der Waals surface area (Å²) >= 11 is 18.6. The van der Waals surface area contributed by atoms with Gasteiger partial charge in [-0.05, 0) is 80.7 Å². The molecule has 0 spiro atoms. The summed E-state index contributed by atoms with van der Waals surface area (Å²) in [6, 6.07) is -0.984. The first-order valence-corrected chi connectivity index (χ1v) is 19.6. The Kier molecular flexibility index (Phi) is 23.0. The molecule has 0 aromatic carbocycles. The molecule has 16 heteroatoms. The highest BCUT2D eigenvalue weighted by atomic mass is 33.1. The molecule has 4 atom stereocenters. The van der Waals surface area contributed by atoms with Gasteiger partial charge in [0.2, 0.25) is 24.1 Å². The molecule has 1 heterocycles. The minimum Gasteiger partial charge on any atom is -0.355 e. The highest BCUT2D eigenvalue weighted by Crippen LogP contribution is 2.14. The van der Waals surface area contributed by atoms with E-state index in [9.17, 15) is 19.2 Å². The highest BCUT2D eigenvalue weighted by Gasteiger charge is 2.24. The number of rotatable bonds is 24. The van der Waals surface area contributed by atoms with Crippen LogP contribution in [0.15, 0.2) is 0 Å². The predicted octanol–water partition coefficient (Wildman–Crippen LogP) is -0.0224. The SMILES string of the molecule is C[C@@H](NCS)C(=O)NCCCC[C@@H](NCS)C(=O)NCCCCC[C@H](NC[SH](=S)=S)C(=O)NCC1CCCCN1C=O. The Bertz CT molecular complexity index is 876. The Hall–Kier alpha value is -0.750. The Labute approximate surface area is 273 Å². The van der Waals surface area contributed by atoms with Crippen molar-refractivity contribution in [2.24, 2.45) is 0 Å². The van der Waals surface area contributed by atoms with Gasteiger partial charge in [-0.3, -0.25) is 35.1 Å². The Morgan fingerprint density at radius 2 is 1.45 bits per heavy atom. The van der Waals surface area contributed by atoms with Crippen molar-refractivity contribution in [1.82, 2.24) is 36.8 Å². The number of unbranched alkanes of at least 4 members (excludes halogenated alkanes) is 3.